The van der Waals surface area contributed by atoms with Crippen molar-refractivity contribution in [3.05, 3.63) is 54.6 Å². The second-order valence-electron chi connectivity index (χ2n) is 8.76. The molecular formula is C24H27N5O4. The first-order valence-electron chi connectivity index (χ1n) is 11.6. The van der Waals surface area contributed by atoms with Crippen LogP contribution in [0.1, 0.15) is 60.7 Å². The molecule has 5 rings (SSSR count). The molecule has 2 aliphatic rings. The molecule has 0 bridgehead atoms. The molecule has 4 heterocycles. The van der Waals surface area contributed by atoms with Gasteiger partial charge in [0, 0.05) is 43.0 Å². The van der Waals surface area contributed by atoms with Crippen molar-refractivity contribution in [1.82, 2.24) is 25.3 Å². The molecule has 0 unspecified atom stereocenters. The Labute approximate surface area is 191 Å². The molecule has 1 aliphatic carbocycles. The Balaban J connectivity index is 1.43. The van der Waals surface area contributed by atoms with Crippen molar-refractivity contribution in [3.8, 4) is 11.4 Å². The van der Waals surface area contributed by atoms with Gasteiger partial charge in [-0.2, -0.15) is 4.98 Å². The lowest BCUT2D eigenvalue weighted by Gasteiger charge is -2.32. The highest BCUT2D eigenvalue weighted by Crippen LogP contribution is 2.41. The quantitative estimate of drug-likeness (QED) is 0.651. The van der Waals surface area contributed by atoms with Crippen molar-refractivity contribution < 1.29 is 18.5 Å². The normalized spacial score (nSPS) is 24.1. The van der Waals surface area contributed by atoms with E-state index in [1.54, 1.807) is 18.5 Å². The van der Waals surface area contributed by atoms with Crippen molar-refractivity contribution in [2.75, 3.05) is 13.1 Å². The first-order valence-corrected chi connectivity index (χ1v) is 11.6. The zero-order valence-electron chi connectivity index (χ0n) is 18.4. The van der Waals surface area contributed by atoms with Crippen LogP contribution in [0.3, 0.4) is 0 Å². The van der Waals surface area contributed by atoms with Gasteiger partial charge in [0.2, 0.25) is 17.6 Å². The lowest BCUT2D eigenvalue weighted by Crippen LogP contribution is -2.47. The Morgan fingerprint density at radius 2 is 2.06 bits per heavy atom. The van der Waals surface area contributed by atoms with E-state index in [-0.39, 0.29) is 29.7 Å². The molecule has 172 valence electrons. The maximum atomic E-state index is 13.4. The Bertz CT molecular complexity index is 1080. The number of nitrogens with one attached hydrogen (secondary N) is 1. The van der Waals surface area contributed by atoms with Crippen LogP contribution in [0.5, 0.6) is 0 Å². The topological polar surface area (TPSA) is 114 Å². The highest BCUT2D eigenvalue weighted by molar-refractivity contribution is 5.94. The zero-order valence-corrected chi connectivity index (χ0v) is 18.4. The summed E-state index contributed by atoms with van der Waals surface area (Å²) in [6, 6.07) is 5.12. The van der Waals surface area contributed by atoms with Crippen LogP contribution in [0.4, 0.5) is 0 Å². The molecule has 9 nitrogen and oxygen atoms in total. The summed E-state index contributed by atoms with van der Waals surface area (Å²) < 4.78 is 10.8. The predicted octanol–water partition coefficient (Wildman–Crippen LogP) is 3.42. The predicted molar refractivity (Wildman–Crippen MR) is 118 cm³/mol. The molecule has 0 aromatic carbocycles. The molecular weight excluding hydrogens is 422 g/mol. The number of nitrogens with zero attached hydrogens (tertiary/aromatic N) is 4. The lowest BCUT2D eigenvalue weighted by molar-refractivity contribution is -0.126. The number of rotatable bonds is 3. The average Bonchev–Trinajstić information content (AvgIpc) is 3.60. The average molecular weight is 450 g/mol. The molecule has 33 heavy (non-hydrogen) atoms. The number of fused-ring (bicyclic) bond motifs is 1. The summed E-state index contributed by atoms with van der Waals surface area (Å²) >= 11 is 0. The number of carbonyl (C=O) groups excluding carboxylic acids is 2. The Hall–Kier alpha value is -3.49. The minimum atomic E-state index is -0.335. The summed E-state index contributed by atoms with van der Waals surface area (Å²) in [7, 11) is 0. The van der Waals surface area contributed by atoms with E-state index < -0.39 is 0 Å². The summed E-state index contributed by atoms with van der Waals surface area (Å²) in [6.45, 7) is 1.27. The fourth-order valence-corrected chi connectivity index (χ4v) is 4.93. The fourth-order valence-electron chi connectivity index (χ4n) is 4.93. The molecule has 1 aliphatic heterocycles. The number of carbonyl (C=O) groups is 2. The van der Waals surface area contributed by atoms with E-state index >= 15 is 0 Å². The summed E-state index contributed by atoms with van der Waals surface area (Å²) in [5.74, 6) is 0.415. The van der Waals surface area contributed by atoms with Crippen LogP contribution in [0.25, 0.3) is 11.4 Å². The number of aromatic nitrogens is 3. The van der Waals surface area contributed by atoms with E-state index in [2.05, 4.69) is 20.4 Å². The van der Waals surface area contributed by atoms with Gasteiger partial charge in [-0.15, -0.1) is 0 Å². The molecule has 9 heteroatoms. The van der Waals surface area contributed by atoms with Gasteiger partial charge in [0.25, 0.3) is 5.91 Å². The summed E-state index contributed by atoms with van der Waals surface area (Å²) in [5, 5.41) is 7.20. The molecule has 2 fully saturated rings. The highest BCUT2D eigenvalue weighted by Gasteiger charge is 2.45. The van der Waals surface area contributed by atoms with Crippen LogP contribution in [-0.2, 0) is 4.79 Å². The maximum Gasteiger partial charge on any atom is 0.257 e. The smallest absolute Gasteiger partial charge is 0.257 e. The molecule has 0 radical (unpaired) electrons. The van der Waals surface area contributed by atoms with Crippen LogP contribution in [0, 0.1) is 5.92 Å². The van der Waals surface area contributed by atoms with Gasteiger partial charge in [-0.3, -0.25) is 14.6 Å². The van der Waals surface area contributed by atoms with Gasteiger partial charge in [0.15, 0.2) is 0 Å². The standard InChI is InChI=1S/C24H27N5O4/c30-22-19-12-18(23-27-21(28-33-23)16-6-5-8-25-14-16)13-20(19)29(10-4-2-1-3-9-26-22)24(31)17-7-11-32-15-17/h5-8,11,14-15,18-20H,1-4,9-10,12-13H2,(H,26,30)/t18-,19-,20+/m1/s1. The number of hydrogen-bond donors (Lipinski definition) is 1. The largest absolute Gasteiger partial charge is 0.472 e. The summed E-state index contributed by atoms with van der Waals surface area (Å²) in [6.07, 6.45) is 11.4. The first-order chi connectivity index (χ1) is 16.2. The first kappa shape index (κ1) is 21.4. The van der Waals surface area contributed by atoms with Crippen LogP contribution in [-0.4, -0.2) is 51.0 Å². The van der Waals surface area contributed by atoms with Crippen molar-refractivity contribution in [2.45, 2.75) is 50.5 Å². The third-order valence-electron chi connectivity index (χ3n) is 6.63. The number of furan rings is 1. The second kappa shape index (κ2) is 9.56. The van der Waals surface area contributed by atoms with Gasteiger partial charge in [-0.05, 0) is 43.9 Å². The van der Waals surface area contributed by atoms with Gasteiger partial charge >= 0.3 is 0 Å². The Kier molecular flexibility index (Phi) is 6.19. The molecule has 1 N–H and O–H groups in total. The third kappa shape index (κ3) is 4.53. The highest BCUT2D eigenvalue weighted by atomic mass is 16.5. The molecule has 3 aromatic rings. The van der Waals surface area contributed by atoms with Crippen LogP contribution in [0.15, 0.2) is 52.1 Å². The van der Waals surface area contributed by atoms with E-state index in [0.717, 1.165) is 31.2 Å². The molecule has 0 spiro atoms. The van der Waals surface area contributed by atoms with Gasteiger partial charge in [-0.25, -0.2) is 0 Å². The maximum absolute atomic E-state index is 13.4. The van der Waals surface area contributed by atoms with Crippen molar-refractivity contribution >= 4 is 11.8 Å². The van der Waals surface area contributed by atoms with Crippen LogP contribution < -0.4 is 5.32 Å². The zero-order chi connectivity index (χ0) is 22.6. The summed E-state index contributed by atoms with van der Waals surface area (Å²) in [5.41, 5.74) is 1.28. The van der Waals surface area contributed by atoms with Crippen molar-refractivity contribution in [2.24, 2.45) is 5.92 Å². The molecule has 3 atom stereocenters. The van der Waals surface area contributed by atoms with Gasteiger partial charge in [0.05, 0.1) is 17.7 Å². The van der Waals surface area contributed by atoms with Gasteiger partial charge < -0.3 is 19.2 Å². The number of hydrogen-bond acceptors (Lipinski definition) is 7. The van der Waals surface area contributed by atoms with E-state index in [0.29, 0.717) is 43.2 Å². The molecule has 3 aromatic heterocycles. The second-order valence-corrected chi connectivity index (χ2v) is 8.76. The van der Waals surface area contributed by atoms with Crippen molar-refractivity contribution in [1.29, 1.82) is 0 Å². The number of amides is 2. The Morgan fingerprint density at radius 1 is 1.15 bits per heavy atom. The monoisotopic (exact) mass is 449 g/mol. The minimum Gasteiger partial charge on any atom is -0.472 e. The van der Waals surface area contributed by atoms with Crippen molar-refractivity contribution in [3.63, 3.8) is 0 Å². The van der Waals surface area contributed by atoms with Crippen LogP contribution in [0.2, 0.25) is 0 Å². The fraction of sp³-hybridized carbons (Fsp3) is 0.458. The van der Waals surface area contributed by atoms with Crippen LogP contribution >= 0.6 is 0 Å². The molecule has 2 amide bonds. The molecule has 1 saturated heterocycles. The minimum absolute atomic E-state index is 0.0126. The number of pyridine rings is 1. The van der Waals surface area contributed by atoms with E-state index in [9.17, 15) is 9.59 Å². The Morgan fingerprint density at radius 3 is 2.88 bits per heavy atom. The summed E-state index contributed by atoms with van der Waals surface area (Å²) in [4.78, 5) is 37.1. The van der Waals surface area contributed by atoms with Gasteiger partial charge in [-0.1, -0.05) is 18.0 Å². The van der Waals surface area contributed by atoms with E-state index in [1.807, 2.05) is 17.0 Å². The third-order valence-corrected chi connectivity index (χ3v) is 6.63. The molecule has 1 saturated carbocycles. The van der Waals surface area contributed by atoms with E-state index in [4.69, 9.17) is 8.94 Å². The lowest BCUT2D eigenvalue weighted by atomic mass is 9.99. The van der Waals surface area contributed by atoms with E-state index in [1.165, 1.54) is 12.5 Å². The van der Waals surface area contributed by atoms with Gasteiger partial charge in [0.1, 0.15) is 6.26 Å². The SMILES string of the molecule is O=C1NCCCCCCN(C(=O)c2ccoc2)[C@H]2C[C@H](c3nc(-c4cccnc4)no3)C[C@@H]12.